The van der Waals surface area contributed by atoms with Crippen molar-refractivity contribution in [2.75, 3.05) is 6.61 Å². The largest absolute Gasteiger partial charge is 0.488 e. The van der Waals surface area contributed by atoms with Crippen molar-refractivity contribution in [2.45, 2.75) is 45.7 Å². The quantitative estimate of drug-likeness (QED) is 0.921. The molecule has 0 atom stereocenters. The van der Waals surface area contributed by atoms with E-state index in [0.29, 0.717) is 0 Å². The Kier molecular flexibility index (Phi) is 5.02. The molecule has 22 heavy (non-hydrogen) atoms. The average molecular weight is 308 g/mol. The highest BCUT2D eigenvalue weighted by Crippen LogP contribution is 2.27. The highest BCUT2D eigenvalue weighted by Gasteiger charge is 2.39. The number of nitrogens with zero attached hydrogens (tertiary/aromatic N) is 2. The van der Waals surface area contributed by atoms with E-state index in [1.54, 1.807) is 34.6 Å². The summed E-state index contributed by atoms with van der Waals surface area (Å²) in [5.41, 5.74) is -1.28. The van der Waals surface area contributed by atoms with Crippen LogP contribution in [0.2, 0.25) is 0 Å². The molecule has 0 heterocycles. The number of rotatable bonds is 4. The average Bonchev–Trinajstić information content (AvgIpc) is 2.34. The lowest BCUT2D eigenvalue weighted by Crippen LogP contribution is -2.59. The van der Waals surface area contributed by atoms with Crippen LogP contribution in [0.25, 0.3) is 0 Å². The third-order valence-electron chi connectivity index (χ3n) is 3.11. The van der Waals surface area contributed by atoms with Gasteiger partial charge in [-0.25, -0.2) is 9.18 Å². The minimum Gasteiger partial charge on any atom is -0.488 e. The molecule has 0 bridgehead atoms. The van der Waals surface area contributed by atoms with Gasteiger partial charge in [-0.05, 0) is 52.8 Å². The minimum absolute atomic E-state index is 0.00803. The van der Waals surface area contributed by atoms with Crippen LogP contribution in [0.5, 0.6) is 5.75 Å². The fraction of sp³-hybridized carbons (Fsp3) is 0.500. The zero-order chi connectivity index (χ0) is 17.1. The molecule has 1 N–H and O–H groups in total. The van der Waals surface area contributed by atoms with Crippen molar-refractivity contribution >= 4 is 6.09 Å². The lowest BCUT2D eigenvalue weighted by Gasteiger charge is -2.44. The Bertz CT molecular complexity index is 600. The van der Waals surface area contributed by atoms with Crippen molar-refractivity contribution < 1.29 is 19.0 Å². The van der Waals surface area contributed by atoms with E-state index < -0.39 is 23.0 Å². The van der Waals surface area contributed by atoms with Gasteiger partial charge in [0.15, 0.2) is 11.6 Å². The summed E-state index contributed by atoms with van der Waals surface area (Å²) in [5.74, 6) is -0.654. The monoisotopic (exact) mass is 308 g/mol. The van der Waals surface area contributed by atoms with Crippen LogP contribution >= 0.6 is 0 Å². The van der Waals surface area contributed by atoms with Crippen LogP contribution in [-0.4, -0.2) is 33.8 Å². The zero-order valence-electron chi connectivity index (χ0n) is 13.5. The molecule has 0 saturated heterocycles. The van der Waals surface area contributed by atoms with Crippen LogP contribution in [0.4, 0.5) is 9.18 Å². The lowest BCUT2D eigenvalue weighted by atomic mass is 9.96. The van der Waals surface area contributed by atoms with Crippen LogP contribution in [0, 0.1) is 17.1 Å². The van der Waals surface area contributed by atoms with Crippen molar-refractivity contribution in [3.63, 3.8) is 0 Å². The molecule has 6 heteroatoms. The molecule has 0 aliphatic heterocycles. The van der Waals surface area contributed by atoms with E-state index in [0.717, 1.165) is 6.07 Å². The first-order valence-corrected chi connectivity index (χ1v) is 6.85. The van der Waals surface area contributed by atoms with Crippen molar-refractivity contribution in [3.05, 3.63) is 29.6 Å². The summed E-state index contributed by atoms with van der Waals surface area (Å²) in [6.07, 6.45) is -1.07. The van der Waals surface area contributed by atoms with E-state index in [2.05, 4.69) is 0 Å². The highest BCUT2D eigenvalue weighted by molar-refractivity contribution is 5.67. The number of benzene rings is 1. The van der Waals surface area contributed by atoms with E-state index in [4.69, 9.17) is 10.00 Å². The molecule has 1 aromatic rings. The number of carboxylic acid groups (broad SMARTS) is 1. The van der Waals surface area contributed by atoms with Crippen LogP contribution in [-0.2, 0) is 0 Å². The zero-order valence-corrected chi connectivity index (χ0v) is 13.5. The molecular formula is C16H21FN2O3. The Labute approximate surface area is 129 Å². The third kappa shape index (κ3) is 4.10. The van der Waals surface area contributed by atoms with Gasteiger partial charge in [0.05, 0.1) is 17.2 Å². The molecule has 0 unspecified atom stereocenters. The second-order valence-corrected chi connectivity index (χ2v) is 6.65. The smallest absolute Gasteiger partial charge is 0.408 e. The number of ether oxygens (including phenoxy) is 1. The maximum absolute atomic E-state index is 13.8. The fourth-order valence-electron chi connectivity index (χ4n) is 2.46. The standard InChI is InChI=1S/C16H21FN2O3/c1-15(2,3)19(14(20)21)16(4,5)10-22-13-7-6-11(9-18)8-12(13)17/h6-8H,10H2,1-5H3,(H,20,21). The van der Waals surface area contributed by atoms with Crippen molar-refractivity contribution in [1.29, 1.82) is 5.26 Å². The van der Waals surface area contributed by atoms with Gasteiger partial charge in [-0.3, -0.25) is 4.90 Å². The Morgan fingerprint density at radius 2 is 1.95 bits per heavy atom. The Morgan fingerprint density at radius 3 is 2.36 bits per heavy atom. The predicted octanol–water partition coefficient (Wildman–Crippen LogP) is 3.63. The lowest BCUT2D eigenvalue weighted by molar-refractivity contribution is 0.00878. The molecule has 1 rings (SSSR count). The normalized spacial score (nSPS) is 11.7. The molecule has 0 aliphatic rings. The van der Waals surface area contributed by atoms with Crippen molar-refractivity contribution in [2.24, 2.45) is 0 Å². The fourth-order valence-corrected chi connectivity index (χ4v) is 2.46. The molecule has 1 aromatic carbocycles. The number of carbonyl (C=O) groups is 1. The second kappa shape index (κ2) is 6.22. The van der Waals surface area contributed by atoms with Crippen LogP contribution < -0.4 is 4.74 Å². The summed E-state index contributed by atoms with van der Waals surface area (Å²) in [6, 6.07) is 5.74. The van der Waals surface area contributed by atoms with Gasteiger partial charge >= 0.3 is 6.09 Å². The van der Waals surface area contributed by atoms with Crippen LogP contribution in [0.1, 0.15) is 40.2 Å². The van der Waals surface area contributed by atoms with Crippen molar-refractivity contribution in [3.8, 4) is 11.8 Å². The maximum atomic E-state index is 13.8. The van der Waals surface area contributed by atoms with Gasteiger partial charge in [0.1, 0.15) is 6.61 Å². The predicted molar refractivity (Wildman–Crippen MR) is 80.3 cm³/mol. The van der Waals surface area contributed by atoms with Gasteiger partial charge in [-0.1, -0.05) is 0 Å². The number of nitriles is 1. The van der Waals surface area contributed by atoms with Crippen LogP contribution in [0.3, 0.4) is 0 Å². The van der Waals surface area contributed by atoms with Gasteiger partial charge < -0.3 is 9.84 Å². The molecule has 0 aliphatic carbocycles. The van der Waals surface area contributed by atoms with Crippen molar-refractivity contribution in [1.82, 2.24) is 4.90 Å². The number of amides is 1. The maximum Gasteiger partial charge on any atom is 0.408 e. The van der Waals surface area contributed by atoms with E-state index in [1.807, 2.05) is 6.07 Å². The highest BCUT2D eigenvalue weighted by atomic mass is 19.1. The number of hydrogen-bond donors (Lipinski definition) is 1. The molecule has 0 fully saturated rings. The Balaban J connectivity index is 2.94. The first-order valence-electron chi connectivity index (χ1n) is 6.85. The molecule has 120 valence electrons. The van der Waals surface area contributed by atoms with E-state index in [-0.39, 0.29) is 17.9 Å². The topological polar surface area (TPSA) is 73.6 Å². The molecular weight excluding hydrogens is 287 g/mol. The molecule has 0 saturated carbocycles. The van der Waals surface area contributed by atoms with Gasteiger partial charge in [0.25, 0.3) is 0 Å². The molecule has 1 amide bonds. The number of halogens is 1. The van der Waals surface area contributed by atoms with E-state index in [9.17, 15) is 14.3 Å². The summed E-state index contributed by atoms with van der Waals surface area (Å²) in [4.78, 5) is 12.8. The van der Waals surface area contributed by atoms with E-state index >= 15 is 0 Å². The summed E-state index contributed by atoms with van der Waals surface area (Å²) in [6.45, 7) is 8.77. The van der Waals surface area contributed by atoms with Crippen LogP contribution in [0.15, 0.2) is 18.2 Å². The third-order valence-corrected chi connectivity index (χ3v) is 3.11. The molecule has 5 nitrogen and oxygen atoms in total. The van der Waals surface area contributed by atoms with Gasteiger partial charge in [-0.15, -0.1) is 0 Å². The number of hydrogen-bond acceptors (Lipinski definition) is 3. The minimum atomic E-state index is -1.07. The first kappa shape index (κ1) is 17.8. The van der Waals surface area contributed by atoms with Gasteiger partial charge in [0, 0.05) is 5.54 Å². The first-order chi connectivity index (χ1) is 9.99. The Morgan fingerprint density at radius 1 is 1.36 bits per heavy atom. The summed E-state index contributed by atoms with van der Waals surface area (Å²) in [5, 5.41) is 18.1. The molecule has 0 spiro atoms. The molecule has 0 aromatic heterocycles. The molecule has 0 radical (unpaired) electrons. The second-order valence-electron chi connectivity index (χ2n) is 6.65. The van der Waals surface area contributed by atoms with Gasteiger partial charge in [0.2, 0.25) is 0 Å². The van der Waals surface area contributed by atoms with E-state index in [1.165, 1.54) is 17.0 Å². The Hall–Kier alpha value is -2.29. The van der Waals surface area contributed by atoms with Gasteiger partial charge in [-0.2, -0.15) is 5.26 Å². The summed E-state index contributed by atoms with van der Waals surface area (Å²) in [7, 11) is 0. The SMILES string of the molecule is CC(C)(C)N(C(=O)O)C(C)(C)COc1ccc(C#N)cc1F. The summed E-state index contributed by atoms with van der Waals surface area (Å²) < 4.78 is 19.2. The summed E-state index contributed by atoms with van der Waals surface area (Å²) >= 11 is 0.